The van der Waals surface area contributed by atoms with E-state index >= 15 is 0 Å². The van der Waals surface area contributed by atoms with E-state index in [9.17, 15) is 27.5 Å². The van der Waals surface area contributed by atoms with Gasteiger partial charge in [0.05, 0.1) is 16.9 Å². The van der Waals surface area contributed by atoms with Crippen LogP contribution in [0, 0.1) is 12.7 Å². The fourth-order valence-electron chi connectivity index (χ4n) is 4.88. The minimum atomic E-state index is -4.39. The smallest absolute Gasteiger partial charge is 0.254 e. The van der Waals surface area contributed by atoms with Crippen LogP contribution >= 0.6 is 23.4 Å². The lowest BCUT2D eigenvalue weighted by atomic mass is 9.97. The molecule has 4 rings (SSSR count). The van der Waals surface area contributed by atoms with E-state index in [0.717, 1.165) is 29.3 Å². The molecule has 0 aliphatic carbocycles. The lowest BCUT2D eigenvalue weighted by Gasteiger charge is -2.33. The number of nitrogens with zero attached hydrogens (tertiary/aromatic N) is 1. The molecule has 0 spiro atoms. The van der Waals surface area contributed by atoms with Crippen LogP contribution in [0.3, 0.4) is 0 Å². The fourth-order valence-corrected chi connectivity index (χ4v) is 7.80. The molecule has 1 heterocycles. The SMILES string of the molecule is Cc1ccccc1CNC(=O)C1N(C(=O)C(O)C(Cc2ccccc2)NS(=O)(=O)c2ccc(F)cc2Cl)CSC1(C)C. The third-order valence-corrected chi connectivity index (χ3v) is 10.6. The summed E-state index contributed by atoms with van der Waals surface area (Å²) < 4.78 is 42.0. The Morgan fingerprint density at radius 3 is 2.45 bits per heavy atom. The van der Waals surface area contributed by atoms with Crippen molar-refractivity contribution in [2.45, 2.75) is 61.6 Å². The van der Waals surface area contributed by atoms with Crippen LogP contribution in [0.25, 0.3) is 0 Å². The van der Waals surface area contributed by atoms with Crippen LogP contribution in [0.4, 0.5) is 4.39 Å². The molecule has 0 radical (unpaired) electrons. The Labute approximate surface area is 254 Å². The second-order valence-corrected chi connectivity index (χ2v) is 14.4. The highest BCUT2D eigenvalue weighted by molar-refractivity contribution is 8.00. The predicted octanol–water partition coefficient (Wildman–Crippen LogP) is 4.03. The maximum absolute atomic E-state index is 13.8. The largest absolute Gasteiger partial charge is 0.382 e. The number of aliphatic hydroxyl groups is 1. The quantitative estimate of drug-likeness (QED) is 0.311. The number of nitrogens with one attached hydrogen (secondary N) is 2. The molecule has 3 unspecified atom stereocenters. The van der Waals surface area contributed by atoms with Crippen LogP contribution in [0.15, 0.2) is 77.7 Å². The number of rotatable bonds is 10. The summed E-state index contributed by atoms with van der Waals surface area (Å²) in [6.45, 7) is 5.89. The first-order valence-corrected chi connectivity index (χ1v) is 16.1. The summed E-state index contributed by atoms with van der Waals surface area (Å²) in [5.74, 6) is -1.76. The molecular weight excluding hydrogens is 601 g/mol. The second kappa shape index (κ2) is 13.1. The van der Waals surface area contributed by atoms with Gasteiger partial charge in [0, 0.05) is 11.3 Å². The molecule has 42 heavy (non-hydrogen) atoms. The van der Waals surface area contributed by atoms with Crippen molar-refractivity contribution >= 4 is 45.2 Å². The molecule has 8 nitrogen and oxygen atoms in total. The first-order valence-electron chi connectivity index (χ1n) is 13.3. The molecule has 1 aliphatic rings. The van der Waals surface area contributed by atoms with E-state index in [1.807, 2.05) is 45.0 Å². The Morgan fingerprint density at radius 1 is 1.12 bits per heavy atom. The summed E-state index contributed by atoms with van der Waals surface area (Å²) in [7, 11) is -4.39. The summed E-state index contributed by atoms with van der Waals surface area (Å²) in [5.41, 5.74) is 2.61. The Kier molecular flexibility index (Phi) is 9.99. The van der Waals surface area contributed by atoms with Crippen LogP contribution in [-0.2, 0) is 32.6 Å². The minimum Gasteiger partial charge on any atom is -0.382 e. The third-order valence-electron chi connectivity index (χ3n) is 7.21. The zero-order valence-electron chi connectivity index (χ0n) is 23.4. The Hall–Kier alpha value is -2.96. The van der Waals surface area contributed by atoms with E-state index in [1.165, 1.54) is 16.7 Å². The maximum Gasteiger partial charge on any atom is 0.254 e. The molecule has 1 aliphatic heterocycles. The zero-order chi connectivity index (χ0) is 30.7. The number of carbonyl (C=O) groups excluding carboxylic acids is 2. The molecule has 3 aromatic rings. The van der Waals surface area contributed by atoms with E-state index in [2.05, 4.69) is 10.0 Å². The van der Waals surface area contributed by atoms with E-state index in [-0.39, 0.29) is 29.8 Å². The number of hydrogen-bond donors (Lipinski definition) is 3. The number of aryl methyl sites for hydroxylation is 1. The van der Waals surface area contributed by atoms with Gasteiger partial charge in [0.2, 0.25) is 15.9 Å². The van der Waals surface area contributed by atoms with Crippen molar-refractivity contribution in [2.24, 2.45) is 0 Å². The van der Waals surface area contributed by atoms with E-state index in [1.54, 1.807) is 30.3 Å². The normalized spacial score (nSPS) is 18.0. The lowest BCUT2D eigenvalue weighted by Crippen LogP contribution is -2.58. The van der Waals surface area contributed by atoms with E-state index in [0.29, 0.717) is 5.56 Å². The minimum absolute atomic E-state index is 0.0414. The van der Waals surface area contributed by atoms with Gasteiger partial charge in [-0.05, 0) is 62.1 Å². The summed E-state index contributed by atoms with van der Waals surface area (Å²) in [6, 6.07) is 17.0. The van der Waals surface area contributed by atoms with Gasteiger partial charge in [-0.3, -0.25) is 9.59 Å². The first-order chi connectivity index (χ1) is 19.8. The molecule has 3 atom stereocenters. The number of carbonyl (C=O) groups is 2. The van der Waals surface area contributed by atoms with Crippen molar-refractivity contribution in [1.29, 1.82) is 0 Å². The van der Waals surface area contributed by atoms with Gasteiger partial charge in [0.15, 0.2) is 0 Å². The molecule has 224 valence electrons. The van der Waals surface area contributed by atoms with E-state index < -0.39 is 49.6 Å². The summed E-state index contributed by atoms with van der Waals surface area (Å²) in [6.07, 6.45) is -1.89. The van der Waals surface area contributed by atoms with Gasteiger partial charge in [0.1, 0.15) is 22.9 Å². The Morgan fingerprint density at radius 2 is 1.79 bits per heavy atom. The van der Waals surface area contributed by atoms with Gasteiger partial charge in [-0.25, -0.2) is 17.5 Å². The predicted molar refractivity (Wildman–Crippen MR) is 162 cm³/mol. The first kappa shape index (κ1) is 32.0. The van der Waals surface area contributed by atoms with Crippen LogP contribution in [0.1, 0.15) is 30.5 Å². The average Bonchev–Trinajstić information content (AvgIpc) is 3.26. The molecule has 3 N–H and O–H groups in total. The van der Waals surface area contributed by atoms with Crippen molar-refractivity contribution in [2.75, 3.05) is 5.88 Å². The third kappa shape index (κ3) is 7.33. The fraction of sp³-hybridized carbons (Fsp3) is 0.333. The van der Waals surface area contributed by atoms with E-state index in [4.69, 9.17) is 11.6 Å². The molecular formula is C30H33ClFN3O5S2. The molecule has 2 amide bonds. The number of sulfonamides is 1. The molecule has 1 fully saturated rings. The topological polar surface area (TPSA) is 116 Å². The monoisotopic (exact) mass is 633 g/mol. The Balaban J connectivity index is 1.59. The highest BCUT2D eigenvalue weighted by atomic mass is 35.5. The van der Waals surface area contributed by atoms with Gasteiger partial charge in [-0.2, -0.15) is 0 Å². The van der Waals surface area contributed by atoms with Gasteiger partial charge in [-0.1, -0.05) is 66.2 Å². The number of thioether (sulfide) groups is 1. The number of hydrogen-bond acceptors (Lipinski definition) is 6. The summed E-state index contributed by atoms with van der Waals surface area (Å²) in [5, 5.41) is 14.0. The molecule has 3 aromatic carbocycles. The molecule has 0 bridgehead atoms. The highest BCUT2D eigenvalue weighted by Gasteiger charge is 2.50. The Bertz CT molecular complexity index is 1560. The summed E-state index contributed by atoms with van der Waals surface area (Å²) >= 11 is 7.41. The number of aliphatic hydroxyl groups excluding tert-OH is 1. The van der Waals surface area contributed by atoms with Crippen molar-refractivity contribution in [3.8, 4) is 0 Å². The number of halogens is 2. The summed E-state index contributed by atoms with van der Waals surface area (Å²) in [4.78, 5) is 28.2. The standard InChI is InChI=1S/C30H33ClFN3O5S2/c1-19-9-7-8-12-21(19)17-33-28(37)27-30(2,3)41-18-35(27)29(38)26(36)24(15-20-10-5-4-6-11-20)34-42(39,40)25-14-13-22(32)16-23(25)31/h4-14,16,24,26-27,34,36H,15,17-18H2,1-3H3,(H,33,37). The molecule has 0 saturated carbocycles. The van der Waals surface area contributed by atoms with Crippen LogP contribution in [0.5, 0.6) is 0 Å². The molecule has 1 saturated heterocycles. The highest BCUT2D eigenvalue weighted by Crippen LogP contribution is 2.40. The van der Waals surface area contributed by atoms with Crippen molar-refractivity contribution in [1.82, 2.24) is 14.9 Å². The van der Waals surface area contributed by atoms with Crippen LogP contribution in [-0.4, -0.2) is 59.1 Å². The second-order valence-electron chi connectivity index (χ2n) is 10.7. The molecule has 12 heteroatoms. The zero-order valence-corrected chi connectivity index (χ0v) is 25.8. The van der Waals surface area contributed by atoms with Gasteiger partial charge in [0.25, 0.3) is 5.91 Å². The van der Waals surface area contributed by atoms with Crippen LogP contribution < -0.4 is 10.0 Å². The van der Waals surface area contributed by atoms with Crippen LogP contribution in [0.2, 0.25) is 5.02 Å². The van der Waals surface area contributed by atoms with Crippen molar-refractivity contribution in [3.63, 3.8) is 0 Å². The van der Waals surface area contributed by atoms with Gasteiger partial charge < -0.3 is 15.3 Å². The van der Waals surface area contributed by atoms with Gasteiger partial charge >= 0.3 is 0 Å². The number of benzene rings is 3. The van der Waals surface area contributed by atoms with Gasteiger partial charge in [-0.15, -0.1) is 11.8 Å². The lowest BCUT2D eigenvalue weighted by molar-refractivity contribution is -0.147. The van der Waals surface area contributed by atoms with Crippen molar-refractivity contribution in [3.05, 3.63) is 100 Å². The molecule has 0 aromatic heterocycles. The van der Waals surface area contributed by atoms with Crippen molar-refractivity contribution < 1.29 is 27.5 Å². The maximum atomic E-state index is 13.8. The number of amides is 2. The average molecular weight is 634 g/mol.